The van der Waals surface area contributed by atoms with E-state index in [1.165, 1.54) is 37.8 Å². The molecule has 0 saturated heterocycles. The van der Waals surface area contributed by atoms with Gasteiger partial charge < -0.3 is 10.1 Å². The predicted octanol–water partition coefficient (Wildman–Crippen LogP) is 4.04. The van der Waals surface area contributed by atoms with E-state index in [0.717, 1.165) is 6.42 Å². The summed E-state index contributed by atoms with van der Waals surface area (Å²) in [4.78, 5) is 23.2. The highest BCUT2D eigenvalue weighted by Gasteiger charge is 2.17. The minimum absolute atomic E-state index is 0.0650. The van der Waals surface area contributed by atoms with Gasteiger partial charge in [-0.15, -0.1) is 0 Å². The Morgan fingerprint density at radius 1 is 1.32 bits per heavy atom. The molecule has 1 aliphatic carbocycles. The first-order valence-electron chi connectivity index (χ1n) is 7.45. The molecule has 6 heteroatoms. The van der Waals surface area contributed by atoms with Crippen LogP contribution in [0.1, 0.15) is 38.5 Å². The maximum atomic E-state index is 13.6. The van der Waals surface area contributed by atoms with Gasteiger partial charge in [0.1, 0.15) is 5.82 Å². The van der Waals surface area contributed by atoms with Gasteiger partial charge >= 0.3 is 5.97 Å². The lowest BCUT2D eigenvalue weighted by Gasteiger charge is -2.09. The third-order valence-corrected chi connectivity index (χ3v) is 4.29. The number of benzene rings is 1. The summed E-state index contributed by atoms with van der Waals surface area (Å²) in [5, 5.41) is 2.38. The van der Waals surface area contributed by atoms with Gasteiger partial charge in [-0.3, -0.25) is 9.59 Å². The van der Waals surface area contributed by atoms with Crippen LogP contribution in [0.15, 0.2) is 22.7 Å². The molecule has 22 heavy (non-hydrogen) atoms. The van der Waals surface area contributed by atoms with Crippen LogP contribution in [0.25, 0.3) is 0 Å². The number of carbonyl (C=O) groups is 2. The van der Waals surface area contributed by atoms with E-state index in [1.807, 2.05) is 0 Å². The lowest BCUT2D eigenvalue weighted by Crippen LogP contribution is -2.21. The van der Waals surface area contributed by atoms with Gasteiger partial charge in [0, 0.05) is 10.9 Å². The summed E-state index contributed by atoms with van der Waals surface area (Å²) in [6, 6.07) is 4.31. The van der Waals surface area contributed by atoms with Gasteiger partial charge in [0.15, 0.2) is 6.61 Å². The zero-order valence-electron chi connectivity index (χ0n) is 12.2. The standard InChI is InChI=1S/C16H19BrFNO3/c17-12-6-7-14(13(18)9-12)19-15(20)10-22-16(21)8-5-11-3-1-2-4-11/h6-7,9,11H,1-5,8,10H2,(H,19,20). The third-order valence-electron chi connectivity index (χ3n) is 3.80. The van der Waals surface area contributed by atoms with Crippen LogP contribution in [0.3, 0.4) is 0 Å². The Morgan fingerprint density at radius 2 is 2.05 bits per heavy atom. The Balaban J connectivity index is 1.69. The van der Waals surface area contributed by atoms with Crippen molar-refractivity contribution in [2.45, 2.75) is 38.5 Å². The highest BCUT2D eigenvalue weighted by atomic mass is 79.9. The Labute approximate surface area is 137 Å². The molecule has 0 atom stereocenters. The quantitative estimate of drug-likeness (QED) is 0.767. The number of amides is 1. The van der Waals surface area contributed by atoms with E-state index in [2.05, 4.69) is 21.2 Å². The summed E-state index contributed by atoms with van der Waals surface area (Å²) < 4.78 is 19.1. The molecule has 120 valence electrons. The van der Waals surface area contributed by atoms with Gasteiger partial charge in [0.25, 0.3) is 5.91 Å². The Kier molecular flexibility index (Phi) is 6.36. The zero-order valence-corrected chi connectivity index (χ0v) is 13.8. The van der Waals surface area contributed by atoms with E-state index in [0.29, 0.717) is 16.8 Å². The van der Waals surface area contributed by atoms with Crippen molar-refractivity contribution in [3.63, 3.8) is 0 Å². The molecule has 1 saturated carbocycles. The van der Waals surface area contributed by atoms with Crippen LogP contribution in [0.5, 0.6) is 0 Å². The molecular formula is C16H19BrFNO3. The molecular weight excluding hydrogens is 353 g/mol. The Morgan fingerprint density at radius 3 is 2.73 bits per heavy atom. The molecule has 4 nitrogen and oxygen atoms in total. The number of halogens is 2. The van der Waals surface area contributed by atoms with Gasteiger partial charge in [0.2, 0.25) is 0 Å². The topological polar surface area (TPSA) is 55.4 Å². The number of hydrogen-bond donors (Lipinski definition) is 1. The number of anilines is 1. The summed E-state index contributed by atoms with van der Waals surface area (Å²) in [6.07, 6.45) is 5.99. The van der Waals surface area contributed by atoms with Crippen LogP contribution in [0.4, 0.5) is 10.1 Å². The molecule has 0 heterocycles. The van der Waals surface area contributed by atoms with Gasteiger partial charge in [-0.05, 0) is 30.5 Å². The molecule has 1 aliphatic rings. The van der Waals surface area contributed by atoms with Gasteiger partial charge in [-0.2, -0.15) is 0 Å². The number of nitrogens with one attached hydrogen (secondary N) is 1. The SMILES string of the molecule is O=C(COC(=O)CCC1CCCC1)Nc1ccc(Br)cc1F. The lowest BCUT2D eigenvalue weighted by atomic mass is 10.0. The lowest BCUT2D eigenvalue weighted by molar-refractivity contribution is -0.147. The van der Waals surface area contributed by atoms with Crippen molar-refractivity contribution in [2.75, 3.05) is 11.9 Å². The van der Waals surface area contributed by atoms with E-state index in [4.69, 9.17) is 4.74 Å². The second-order valence-electron chi connectivity index (χ2n) is 5.52. The Hall–Kier alpha value is -1.43. The minimum atomic E-state index is -0.546. The average molecular weight is 372 g/mol. The monoisotopic (exact) mass is 371 g/mol. The first-order valence-corrected chi connectivity index (χ1v) is 8.24. The second kappa shape index (κ2) is 8.27. The zero-order chi connectivity index (χ0) is 15.9. The number of ether oxygens (including phenoxy) is 1. The van der Waals surface area contributed by atoms with E-state index in [9.17, 15) is 14.0 Å². The molecule has 0 radical (unpaired) electrons. The molecule has 0 unspecified atom stereocenters. The van der Waals surface area contributed by atoms with Crippen LogP contribution in [0.2, 0.25) is 0 Å². The minimum Gasteiger partial charge on any atom is -0.456 e. The maximum Gasteiger partial charge on any atom is 0.306 e. The first-order chi connectivity index (χ1) is 10.5. The smallest absolute Gasteiger partial charge is 0.306 e. The fraction of sp³-hybridized carbons (Fsp3) is 0.500. The highest BCUT2D eigenvalue weighted by Crippen LogP contribution is 2.28. The predicted molar refractivity (Wildman–Crippen MR) is 84.9 cm³/mol. The van der Waals surface area contributed by atoms with Crippen LogP contribution in [-0.4, -0.2) is 18.5 Å². The van der Waals surface area contributed by atoms with Crippen molar-refractivity contribution < 1.29 is 18.7 Å². The van der Waals surface area contributed by atoms with Crippen molar-refractivity contribution in [1.82, 2.24) is 0 Å². The molecule has 1 aromatic carbocycles. The summed E-state index contributed by atoms with van der Waals surface area (Å²) in [7, 11) is 0. The molecule has 1 aromatic rings. The summed E-state index contributed by atoms with van der Waals surface area (Å²) in [6.45, 7) is -0.390. The maximum absolute atomic E-state index is 13.6. The normalized spacial score (nSPS) is 14.8. The van der Waals surface area contributed by atoms with E-state index in [-0.39, 0.29) is 18.3 Å². The van der Waals surface area contributed by atoms with E-state index >= 15 is 0 Å². The average Bonchev–Trinajstić information content (AvgIpc) is 2.99. The number of hydrogen-bond acceptors (Lipinski definition) is 3. The number of carbonyl (C=O) groups excluding carboxylic acids is 2. The first kappa shape index (κ1) is 16.9. The van der Waals surface area contributed by atoms with Crippen LogP contribution < -0.4 is 5.32 Å². The highest BCUT2D eigenvalue weighted by molar-refractivity contribution is 9.10. The number of esters is 1. The second-order valence-corrected chi connectivity index (χ2v) is 6.44. The molecule has 1 fully saturated rings. The molecule has 0 spiro atoms. The Bertz CT molecular complexity index is 544. The van der Waals surface area contributed by atoms with Crippen LogP contribution in [-0.2, 0) is 14.3 Å². The summed E-state index contributed by atoms with van der Waals surface area (Å²) >= 11 is 3.14. The van der Waals surface area contributed by atoms with Crippen LogP contribution >= 0.6 is 15.9 Å². The van der Waals surface area contributed by atoms with E-state index < -0.39 is 11.7 Å². The summed E-state index contributed by atoms with van der Waals surface area (Å²) in [5.74, 6) is -0.859. The molecule has 0 aliphatic heterocycles. The fourth-order valence-corrected chi connectivity index (χ4v) is 2.95. The molecule has 1 amide bonds. The van der Waals surface area contributed by atoms with Crippen LogP contribution in [0, 0.1) is 11.7 Å². The molecule has 0 aromatic heterocycles. The van der Waals surface area contributed by atoms with Gasteiger partial charge in [-0.1, -0.05) is 41.6 Å². The van der Waals surface area contributed by atoms with Gasteiger partial charge in [0.05, 0.1) is 5.69 Å². The third kappa shape index (κ3) is 5.40. The number of rotatable bonds is 6. The van der Waals surface area contributed by atoms with Crippen molar-refractivity contribution >= 4 is 33.5 Å². The van der Waals surface area contributed by atoms with E-state index in [1.54, 1.807) is 6.07 Å². The molecule has 2 rings (SSSR count). The van der Waals surface area contributed by atoms with Crippen molar-refractivity contribution in [1.29, 1.82) is 0 Å². The summed E-state index contributed by atoms with van der Waals surface area (Å²) in [5.41, 5.74) is 0.0650. The van der Waals surface area contributed by atoms with Crippen molar-refractivity contribution in [2.24, 2.45) is 5.92 Å². The largest absolute Gasteiger partial charge is 0.456 e. The molecule has 1 N–H and O–H groups in total. The van der Waals surface area contributed by atoms with Crippen molar-refractivity contribution in [3.8, 4) is 0 Å². The fourth-order valence-electron chi connectivity index (χ4n) is 2.62. The molecule has 0 bridgehead atoms. The van der Waals surface area contributed by atoms with Gasteiger partial charge in [-0.25, -0.2) is 4.39 Å². The van der Waals surface area contributed by atoms with Crippen molar-refractivity contribution in [3.05, 3.63) is 28.5 Å².